The van der Waals surface area contributed by atoms with Crippen LogP contribution in [0.4, 0.5) is 11.4 Å². The van der Waals surface area contributed by atoms with Crippen molar-refractivity contribution in [2.75, 3.05) is 17.3 Å². The van der Waals surface area contributed by atoms with Crippen molar-refractivity contribution in [1.82, 2.24) is 19.9 Å². The van der Waals surface area contributed by atoms with Crippen LogP contribution >= 0.6 is 12.2 Å². The summed E-state index contributed by atoms with van der Waals surface area (Å²) in [4.78, 5) is 23.2. The van der Waals surface area contributed by atoms with Gasteiger partial charge in [0.15, 0.2) is 5.11 Å². The maximum Gasteiger partial charge on any atom is 0.224 e. The Morgan fingerprint density at radius 2 is 1.97 bits per heavy atom. The first-order chi connectivity index (χ1) is 18.9. The highest BCUT2D eigenvalue weighted by atomic mass is 32.1. The summed E-state index contributed by atoms with van der Waals surface area (Å²) in [5.41, 5.74) is 6.98. The Morgan fingerprint density at radius 1 is 1.13 bits per heavy atom. The van der Waals surface area contributed by atoms with E-state index in [1.807, 2.05) is 55.6 Å². The van der Waals surface area contributed by atoms with E-state index < -0.39 is 0 Å². The lowest BCUT2D eigenvalue weighted by Crippen LogP contribution is -2.29. The van der Waals surface area contributed by atoms with Crippen molar-refractivity contribution >= 4 is 34.6 Å². The summed E-state index contributed by atoms with van der Waals surface area (Å²) in [6.07, 6.45) is 5.88. The van der Waals surface area contributed by atoms with Crippen molar-refractivity contribution in [2.45, 2.75) is 45.8 Å². The van der Waals surface area contributed by atoms with E-state index in [4.69, 9.17) is 17.0 Å². The van der Waals surface area contributed by atoms with Crippen molar-refractivity contribution in [1.29, 1.82) is 0 Å². The quantitative estimate of drug-likeness (QED) is 0.287. The Labute approximate surface area is 234 Å². The molecule has 9 heteroatoms. The predicted molar refractivity (Wildman–Crippen MR) is 157 cm³/mol. The third-order valence-corrected chi connectivity index (χ3v) is 7.47. The molecule has 1 amide bonds. The van der Waals surface area contributed by atoms with Crippen molar-refractivity contribution in [2.24, 2.45) is 0 Å². The van der Waals surface area contributed by atoms with Gasteiger partial charge in [0.05, 0.1) is 30.6 Å². The third-order valence-electron chi connectivity index (χ3n) is 7.15. The summed E-state index contributed by atoms with van der Waals surface area (Å²) in [6.45, 7) is 6.82. The average molecular weight is 541 g/mol. The van der Waals surface area contributed by atoms with Crippen LogP contribution in [-0.2, 0) is 11.3 Å². The topological polar surface area (TPSA) is 84.3 Å². The van der Waals surface area contributed by atoms with Gasteiger partial charge in [0.25, 0.3) is 0 Å². The molecule has 3 aromatic heterocycles. The Kier molecular flexibility index (Phi) is 7.60. The number of nitrogens with zero attached hydrogens (tertiary/aromatic N) is 4. The SMILES string of the molecule is CCC(=O)Nc1ccc(N2C(=S)NC(c3ccccn3)C2c2cc(C)n(Cc3cccnc3)c2C)cc1OC. The van der Waals surface area contributed by atoms with E-state index in [1.54, 1.807) is 19.5 Å². The number of benzene rings is 1. The van der Waals surface area contributed by atoms with Gasteiger partial charge in [-0.1, -0.05) is 19.1 Å². The third kappa shape index (κ3) is 5.22. The van der Waals surface area contributed by atoms with Crippen LogP contribution in [0.2, 0.25) is 0 Å². The fourth-order valence-corrected chi connectivity index (χ4v) is 5.51. The Hall–Kier alpha value is -4.24. The molecule has 2 unspecified atom stereocenters. The summed E-state index contributed by atoms with van der Waals surface area (Å²) >= 11 is 5.93. The van der Waals surface area contributed by atoms with Crippen LogP contribution in [0.3, 0.4) is 0 Å². The summed E-state index contributed by atoms with van der Waals surface area (Å²) in [7, 11) is 1.60. The summed E-state index contributed by atoms with van der Waals surface area (Å²) in [5.74, 6) is 0.493. The van der Waals surface area contributed by atoms with E-state index in [1.165, 1.54) is 0 Å². The fourth-order valence-electron chi connectivity index (χ4n) is 5.17. The van der Waals surface area contributed by atoms with E-state index in [0.717, 1.165) is 40.4 Å². The van der Waals surface area contributed by atoms with Crippen LogP contribution < -0.4 is 20.3 Å². The maximum atomic E-state index is 12.1. The minimum atomic E-state index is -0.170. The molecule has 1 saturated heterocycles. The zero-order valence-electron chi connectivity index (χ0n) is 22.5. The Morgan fingerprint density at radius 3 is 2.67 bits per heavy atom. The number of carbonyl (C=O) groups excluding carboxylic acids is 1. The molecule has 0 aliphatic carbocycles. The lowest BCUT2D eigenvalue weighted by molar-refractivity contribution is -0.115. The number of hydrogen-bond donors (Lipinski definition) is 2. The molecule has 39 heavy (non-hydrogen) atoms. The van der Waals surface area contributed by atoms with Gasteiger partial charge in [0.1, 0.15) is 5.75 Å². The highest BCUT2D eigenvalue weighted by Crippen LogP contribution is 2.44. The first kappa shape index (κ1) is 26.4. The predicted octanol–water partition coefficient (Wildman–Crippen LogP) is 5.48. The molecule has 1 fully saturated rings. The molecule has 2 N–H and O–H groups in total. The lowest BCUT2D eigenvalue weighted by Gasteiger charge is -2.29. The molecular weight excluding hydrogens is 508 g/mol. The smallest absolute Gasteiger partial charge is 0.224 e. The van der Waals surface area contributed by atoms with Crippen LogP contribution in [0.15, 0.2) is 73.2 Å². The van der Waals surface area contributed by atoms with E-state index in [9.17, 15) is 4.79 Å². The standard InChI is InChI=1S/C30H32N6O2S/c1-5-27(37)33-24-12-11-22(16-26(24)38-4)36-29(28(34-30(36)39)25-10-6-7-14-32-25)23-15-19(2)35(20(23)3)18-21-9-8-13-31-17-21/h6-17,28-29H,5,18H2,1-4H3,(H,33,37)(H,34,39). The van der Waals surface area contributed by atoms with Gasteiger partial charge in [-0.3, -0.25) is 14.8 Å². The number of thiocarbonyl (C=S) groups is 1. The average Bonchev–Trinajstić information content (AvgIpc) is 3.45. The second-order valence-electron chi connectivity index (χ2n) is 9.56. The van der Waals surface area contributed by atoms with Gasteiger partial charge in [-0.25, -0.2) is 0 Å². The molecule has 4 aromatic rings. The maximum absolute atomic E-state index is 12.1. The van der Waals surface area contributed by atoms with E-state index in [0.29, 0.717) is 23.0 Å². The molecule has 200 valence electrons. The van der Waals surface area contributed by atoms with E-state index in [-0.39, 0.29) is 18.0 Å². The first-order valence-corrected chi connectivity index (χ1v) is 13.4. The second kappa shape index (κ2) is 11.2. The van der Waals surface area contributed by atoms with Gasteiger partial charge >= 0.3 is 0 Å². The first-order valence-electron chi connectivity index (χ1n) is 12.9. The number of aryl methyl sites for hydroxylation is 1. The fraction of sp³-hybridized carbons (Fsp3) is 0.267. The van der Waals surface area contributed by atoms with Crippen LogP contribution in [0.25, 0.3) is 0 Å². The monoisotopic (exact) mass is 540 g/mol. The largest absolute Gasteiger partial charge is 0.494 e. The minimum Gasteiger partial charge on any atom is -0.494 e. The highest BCUT2D eigenvalue weighted by molar-refractivity contribution is 7.80. The van der Waals surface area contributed by atoms with E-state index in [2.05, 4.69) is 56.0 Å². The number of ether oxygens (including phenoxy) is 1. The van der Waals surface area contributed by atoms with Gasteiger partial charge in [-0.05, 0) is 73.6 Å². The molecule has 0 spiro atoms. The number of carbonyl (C=O) groups is 1. The van der Waals surface area contributed by atoms with Crippen LogP contribution in [0.5, 0.6) is 5.75 Å². The van der Waals surface area contributed by atoms with Crippen molar-refractivity contribution in [3.8, 4) is 5.75 Å². The molecule has 2 atom stereocenters. The molecule has 0 bridgehead atoms. The van der Waals surface area contributed by atoms with Crippen LogP contribution in [0.1, 0.15) is 53.6 Å². The number of aromatic nitrogens is 3. The minimum absolute atomic E-state index is 0.0754. The second-order valence-corrected chi connectivity index (χ2v) is 9.94. The number of pyridine rings is 2. The molecular formula is C30H32N6O2S. The van der Waals surface area contributed by atoms with E-state index >= 15 is 0 Å². The van der Waals surface area contributed by atoms with Crippen LogP contribution in [0, 0.1) is 13.8 Å². The van der Waals surface area contributed by atoms with Gasteiger partial charge in [-0.15, -0.1) is 0 Å². The van der Waals surface area contributed by atoms with Gasteiger partial charge in [-0.2, -0.15) is 0 Å². The lowest BCUT2D eigenvalue weighted by atomic mass is 9.96. The summed E-state index contributed by atoms with van der Waals surface area (Å²) < 4.78 is 7.98. The van der Waals surface area contributed by atoms with Crippen molar-refractivity contribution in [3.05, 3.63) is 101 Å². The normalized spacial score (nSPS) is 16.7. The zero-order valence-corrected chi connectivity index (χ0v) is 23.3. The number of nitrogens with one attached hydrogen (secondary N) is 2. The molecule has 1 aromatic carbocycles. The Balaban J connectivity index is 1.60. The van der Waals surface area contributed by atoms with Gasteiger partial charge in [0.2, 0.25) is 5.91 Å². The molecule has 8 nitrogen and oxygen atoms in total. The molecule has 0 saturated carbocycles. The molecule has 1 aliphatic rings. The summed E-state index contributed by atoms with van der Waals surface area (Å²) in [5, 5.41) is 7.04. The van der Waals surface area contributed by atoms with Gasteiger partial charge in [0, 0.05) is 54.7 Å². The van der Waals surface area contributed by atoms with Crippen molar-refractivity contribution < 1.29 is 9.53 Å². The summed E-state index contributed by atoms with van der Waals surface area (Å²) in [6, 6.07) is 17.6. The number of methoxy groups -OCH3 is 1. The van der Waals surface area contributed by atoms with Gasteiger partial charge < -0.3 is 24.8 Å². The Bertz CT molecular complexity index is 1490. The van der Waals surface area contributed by atoms with Crippen LogP contribution in [-0.4, -0.2) is 32.7 Å². The molecule has 5 rings (SSSR count). The molecule has 0 radical (unpaired) electrons. The number of amides is 1. The number of anilines is 2. The zero-order chi connectivity index (χ0) is 27.5. The highest BCUT2D eigenvalue weighted by Gasteiger charge is 2.42. The molecule has 4 heterocycles. The number of hydrogen-bond acceptors (Lipinski definition) is 5. The molecule has 1 aliphatic heterocycles. The van der Waals surface area contributed by atoms with Crippen molar-refractivity contribution in [3.63, 3.8) is 0 Å². The number of rotatable bonds is 8.